The minimum atomic E-state index is -1.07. The largest absolute Gasteiger partial charge is 0.504 e. The number of phenolic OH excluding ortho intramolecular Hbond substituents is 2. The lowest BCUT2D eigenvalue weighted by molar-refractivity contribution is -0.209. The van der Waals surface area contributed by atoms with Gasteiger partial charge in [-0.15, -0.1) is 0 Å². The third-order valence-electron chi connectivity index (χ3n) is 17.0. The van der Waals surface area contributed by atoms with Crippen LogP contribution in [0.4, 0.5) is 0 Å². The van der Waals surface area contributed by atoms with E-state index in [0.29, 0.717) is 85.8 Å². The zero-order valence-electron chi connectivity index (χ0n) is 29.9. The second-order valence-electron chi connectivity index (χ2n) is 18.9. The first-order chi connectivity index (χ1) is 25.1. The molecule has 0 aromatic heterocycles. The van der Waals surface area contributed by atoms with Crippen molar-refractivity contribution in [3.63, 3.8) is 0 Å². The van der Waals surface area contributed by atoms with Crippen LogP contribution in [0.2, 0.25) is 0 Å². The molecule has 10 nitrogen and oxygen atoms in total. The van der Waals surface area contributed by atoms with Gasteiger partial charge in [-0.3, -0.25) is 9.80 Å². The zero-order valence-corrected chi connectivity index (χ0v) is 29.9. The molecule has 4 bridgehead atoms. The van der Waals surface area contributed by atoms with Gasteiger partial charge in [0.2, 0.25) is 0 Å². The van der Waals surface area contributed by atoms with E-state index in [9.17, 15) is 30.6 Å². The molecule has 6 N–H and O–H groups in total. The van der Waals surface area contributed by atoms with Crippen LogP contribution in [0.5, 0.6) is 23.0 Å². The summed E-state index contributed by atoms with van der Waals surface area (Å²) in [5.74, 6) is 1.80. The third-order valence-corrected chi connectivity index (χ3v) is 17.0. The van der Waals surface area contributed by atoms with E-state index >= 15 is 0 Å². The standard InChI is InChI=1S/C42H52N2O8/c45-27-7-9-41(49)29-17-23-15-25(33(47)35-31(23)39(41,37(27)51-35)11-13-43(29)19-21-3-1-4-21)26-16-24-18-30-42(50)10-8-28(46)38-40(42,32(24)36(52-38)34(26)48)12-14-44(30)20-22-5-2-6-22/h15-16,21-22,27-30,37-38,45-50H,1-14,17-20H2/t27-,28-,29+,30+,37?,38?,39-,40-,41+,42+/m0/s1. The molecule has 4 aliphatic heterocycles. The Morgan fingerprint density at radius 3 is 1.42 bits per heavy atom. The number of aromatic hydroxyl groups is 2. The molecule has 2 aromatic carbocycles. The van der Waals surface area contributed by atoms with Gasteiger partial charge in [0.1, 0.15) is 12.2 Å². The molecule has 10 atom stereocenters. The van der Waals surface area contributed by atoms with Crippen molar-refractivity contribution in [2.45, 2.75) is 148 Å². The number of likely N-dealkylation sites (tertiary alicyclic amines) is 2. The normalized spacial score (nSPS) is 43.9. The van der Waals surface area contributed by atoms with Crippen molar-refractivity contribution in [3.05, 3.63) is 34.4 Å². The summed E-state index contributed by atoms with van der Waals surface area (Å²) in [5.41, 5.74) is 0.839. The Balaban J connectivity index is 1.02. The molecule has 2 unspecified atom stereocenters. The molecule has 10 heteroatoms. The highest BCUT2D eigenvalue weighted by Crippen LogP contribution is 2.69. The molecule has 2 spiro atoms. The highest BCUT2D eigenvalue weighted by Gasteiger charge is 2.75. The summed E-state index contributed by atoms with van der Waals surface area (Å²) < 4.78 is 13.3. The lowest BCUT2D eigenvalue weighted by Gasteiger charge is -2.64. The maximum absolute atomic E-state index is 12.8. The van der Waals surface area contributed by atoms with E-state index in [1.54, 1.807) is 0 Å². The summed E-state index contributed by atoms with van der Waals surface area (Å²) in [7, 11) is 0. The molecule has 278 valence electrons. The number of ether oxygens (including phenoxy) is 2. The van der Waals surface area contributed by atoms with Crippen LogP contribution in [0.15, 0.2) is 12.1 Å². The Kier molecular flexibility index (Phi) is 6.20. The molecular formula is C42H52N2O8. The van der Waals surface area contributed by atoms with Gasteiger partial charge in [0.15, 0.2) is 23.0 Å². The number of benzene rings is 2. The van der Waals surface area contributed by atoms with Crippen molar-refractivity contribution in [2.75, 3.05) is 26.2 Å². The van der Waals surface area contributed by atoms with Crippen LogP contribution < -0.4 is 9.47 Å². The van der Waals surface area contributed by atoms with Gasteiger partial charge >= 0.3 is 0 Å². The lowest BCUT2D eigenvalue weighted by atomic mass is 9.48. The maximum Gasteiger partial charge on any atom is 0.166 e. The fraction of sp³-hybridized carbons (Fsp3) is 0.714. The second kappa shape index (κ2) is 10.2. The van der Waals surface area contributed by atoms with E-state index in [1.165, 1.54) is 38.5 Å². The Bertz CT molecular complexity index is 1780. The smallest absolute Gasteiger partial charge is 0.166 e. The molecule has 10 aliphatic rings. The quantitative estimate of drug-likeness (QED) is 0.273. The van der Waals surface area contributed by atoms with Gasteiger partial charge in [-0.05, 0) is 125 Å². The average molecular weight is 713 g/mol. The van der Waals surface area contributed by atoms with Crippen molar-refractivity contribution in [1.82, 2.24) is 9.80 Å². The number of piperidine rings is 2. The van der Waals surface area contributed by atoms with E-state index < -0.39 is 46.4 Å². The Morgan fingerprint density at radius 2 is 1.04 bits per heavy atom. The molecule has 6 aliphatic carbocycles. The molecule has 0 amide bonds. The molecule has 12 rings (SSSR count). The van der Waals surface area contributed by atoms with Crippen LogP contribution >= 0.6 is 0 Å². The fourth-order valence-electron chi connectivity index (χ4n) is 14.2. The molecule has 4 saturated carbocycles. The SMILES string of the molecule is Oc1c(-c2cc3c4c(c2O)OC2[C@@H](O)CC[C@@]5(O)[C@@H](C3)N(CC3CCC3)CC[C@]425)cc2c3c1OC1[C@@H](O)CC[C@@]4(O)[C@@H](C2)N(CC2CCC2)CC[C@]314. The van der Waals surface area contributed by atoms with Gasteiger partial charge < -0.3 is 40.1 Å². The monoisotopic (exact) mass is 712 g/mol. The molecule has 2 aromatic rings. The molecular weight excluding hydrogens is 660 g/mol. The lowest BCUT2D eigenvalue weighted by Crippen LogP contribution is -2.77. The summed E-state index contributed by atoms with van der Waals surface area (Å²) >= 11 is 0. The first kappa shape index (κ1) is 31.7. The number of hydrogen-bond donors (Lipinski definition) is 6. The van der Waals surface area contributed by atoms with Crippen molar-refractivity contribution in [1.29, 1.82) is 0 Å². The van der Waals surface area contributed by atoms with E-state index in [1.807, 2.05) is 12.1 Å². The molecule has 0 radical (unpaired) electrons. The van der Waals surface area contributed by atoms with Crippen molar-refractivity contribution < 1.29 is 40.1 Å². The van der Waals surface area contributed by atoms with Crippen LogP contribution in [0.1, 0.15) is 99.3 Å². The van der Waals surface area contributed by atoms with Gasteiger partial charge in [-0.2, -0.15) is 0 Å². The number of hydrogen-bond acceptors (Lipinski definition) is 10. The van der Waals surface area contributed by atoms with Gasteiger partial charge in [0.25, 0.3) is 0 Å². The minimum absolute atomic E-state index is 0.0809. The zero-order chi connectivity index (χ0) is 35.1. The molecule has 4 heterocycles. The van der Waals surface area contributed by atoms with Crippen LogP contribution in [-0.2, 0) is 23.7 Å². The second-order valence-corrected chi connectivity index (χ2v) is 18.9. The predicted molar refractivity (Wildman–Crippen MR) is 190 cm³/mol. The first-order valence-electron chi connectivity index (χ1n) is 20.5. The van der Waals surface area contributed by atoms with Crippen LogP contribution in [0.3, 0.4) is 0 Å². The fourth-order valence-corrected chi connectivity index (χ4v) is 14.2. The van der Waals surface area contributed by atoms with Gasteiger partial charge in [0, 0.05) is 47.4 Å². The molecule has 6 fully saturated rings. The summed E-state index contributed by atoms with van der Waals surface area (Å²) in [4.78, 5) is 5.01. The van der Waals surface area contributed by atoms with Crippen LogP contribution in [-0.4, -0.2) is 114 Å². The first-order valence-corrected chi connectivity index (χ1v) is 20.5. The number of nitrogens with zero attached hydrogens (tertiary/aromatic N) is 2. The van der Waals surface area contributed by atoms with Gasteiger partial charge in [-0.1, -0.05) is 12.8 Å². The predicted octanol–water partition coefficient (Wildman–Crippen LogP) is 3.40. The summed E-state index contributed by atoms with van der Waals surface area (Å²) in [5, 5.41) is 73.0. The van der Waals surface area contributed by atoms with E-state index in [4.69, 9.17) is 9.47 Å². The maximum atomic E-state index is 12.8. The van der Waals surface area contributed by atoms with E-state index in [-0.39, 0.29) is 23.6 Å². The van der Waals surface area contributed by atoms with E-state index in [0.717, 1.165) is 48.4 Å². The average Bonchev–Trinajstić information content (AvgIpc) is 3.63. The Labute approximate surface area is 304 Å². The number of aliphatic hydroxyl groups excluding tert-OH is 2. The van der Waals surface area contributed by atoms with Crippen LogP contribution in [0.25, 0.3) is 11.1 Å². The summed E-state index contributed by atoms with van der Waals surface area (Å²) in [6.07, 6.45) is 9.01. The Hall–Kier alpha value is -2.60. The minimum Gasteiger partial charge on any atom is -0.504 e. The highest BCUT2D eigenvalue weighted by atomic mass is 16.5. The highest BCUT2D eigenvalue weighted by molar-refractivity contribution is 5.86. The topological polar surface area (TPSA) is 146 Å². The number of rotatable bonds is 5. The van der Waals surface area contributed by atoms with Gasteiger partial charge in [0.05, 0.1) is 34.2 Å². The van der Waals surface area contributed by atoms with Crippen molar-refractivity contribution in [2.24, 2.45) is 11.8 Å². The van der Waals surface area contributed by atoms with Crippen molar-refractivity contribution in [3.8, 4) is 34.1 Å². The van der Waals surface area contributed by atoms with Gasteiger partial charge in [-0.25, -0.2) is 0 Å². The molecule has 2 saturated heterocycles. The number of phenols is 2. The summed E-state index contributed by atoms with van der Waals surface area (Å²) in [6, 6.07) is 3.76. The number of aliphatic hydroxyl groups is 4. The van der Waals surface area contributed by atoms with Crippen molar-refractivity contribution >= 4 is 0 Å². The van der Waals surface area contributed by atoms with Crippen LogP contribution in [0, 0.1) is 11.8 Å². The Morgan fingerprint density at radius 1 is 0.615 bits per heavy atom. The third kappa shape index (κ3) is 3.47. The molecule has 52 heavy (non-hydrogen) atoms. The summed E-state index contributed by atoms with van der Waals surface area (Å²) in [6.45, 7) is 3.58. The van der Waals surface area contributed by atoms with E-state index in [2.05, 4.69) is 9.80 Å².